The molecule has 0 fully saturated rings. The average Bonchev–Trinajstić information content (AvgIpc) is 2.45. The molecule has 2 aromatic rings. The molecule has 0 aromatic heterocycles. The number of carbonyl (C=O) groups excluding carboxylic acids is 1. The van der Waals surface area contributed by atoms with Crippen LogP contribution in [-0.2, 0) is 13.0 Å². The lowest BCUT2D eigenvalue weighted by Gasteiger charge is -2.10. The lowest BCUT2D eigenvalue weighted by molar-refractivity contribution is 0.0948. The summed E-state index contributed by atoms with van der Waals surface area (Å²) >= 11 is 0. The summed E-state index contributed by atoms with van der Waals surface area (Å²) in [5, 5.41) is 12.3. The van der Waals surface area contributed by atoms with Crippen molar-refractivity contribution in [3.63, 3.8) is 0 Å². The van der Waals surface area contributed by atoms with Crippen LogP contribution in [0.25, 0.3) is 0 Å². The molecule has 104 valence electrons. The number of halogens is 1. The number of amides is 1. The van der Waals surface area contributed by atoms with Crippen molar-refractivity contribution >= 4 is 5.91 Å². The third-order valence-corrected chi connectivity index (χ3v) is 3.14. The van der Waals surface area contributed by atoms with E-state index in [1.165, 1.54) is 6.07 Å². The van der Waals surface area contributed by atoms with Crippen molar-refractivity contribution in [1.82, 2.24) is 5.32 Å². The maximum absolute atomic E-state index is 12.9. The molecule has 0 aliphatic heterocycles. The van der Waals surface area contributed by atoms with Gasteiger partial charge in [0.2, 0.25) is 0 Å². The third-order valence-electron chi connectivity index (χ3n) is 3.14. The van der Waals surface area contributed by atoms with Crippen LogP contribution in [0.2, 0.25) is 0 Å². The number of nitrogens with one attached hydrogen (secondary N) is 1. The van der Waals surface area contributed by atoms with Crippen LogP contribution in [0.5, 0.6) is 5.75 Å². The Kier molecular flexibility index (Phi) is 4.35. The van der Waals surface area contributed by atoms with E-state index in [1.54, 1.807) is 0 Å². The first kappa shape index (κ1) is 14.1. The minimum absolute atomic E-state index is 0.0698. The minimum Gasteiger partial charge on any atom is -0.507 e. The number of rotatable bonds is 4. The van der Waals surface area contributed by atoms with Crippen LogP contribution in [0.1, 0.15) is 28.4 Å². The van der Waals surface area contributed by atoms with Crippen molar-refractivity contribution in [2.75, 3.05) is 0 Å². The summed E-state index contributed by atoms with van der Waals surface area (Å²) in [6, 6.07) is 11.2. The maximum atomic E-state index is 12.9. The van der Waals surface area contributed by atoms with Crippen LogP contribution in [-0.4, -0.2) is 11.0 Å². The Hall–Kier alpha value is -2.36. The molecular formula is C16H16FNO2. The summed E-state index contributed by atoms with van der Waals surface area (Å²) in [6.07, 6.45) is 0.883. The highest BCUT2D eigenvalue weighted by molar-refractivity contribution is 5.96. The van der Waals surface area contributed by atoms with E-state index in [2.05, 4.69) is 5.32 Å². The monoisotopic (exact) mass is 273 g/mol. The zero-order valence-corrected chi connectivity index (χ0v) is 11.2. The Labute approximate surface area is 117 Å². The first-order chi connectivity index (χ1) is 9.61. The molecule has 1 amide bonds. The topological polar surface area (TPSA) is 49.3 Å². The summed E-state index contributed by atoms with van der Waals surface area (Å²) in [4.78, 5) is 12.0. The van der Waals surface area contributed by atoms with E-state index in [1.807, 2.05) is 31.2 Å². The van der Waals surface area contributed by atoms with Gasteiger partial charge in [0.1, 0.15) is 11.6 Å². The first-order valence-corrected chi connectivity index (χ1v) is 6.45. The fraction of sp³-hybridized carbons (Fsp3) is 0.188. The van der Waals surface area contributed by atoms with Gasteiger partial charge in [-0.2, -0.15) is 0 Å². The predicted octanol–water partition coefficient (Wildman–Crippen LogP) is 3.02. The number of carbonyl (C=O) groups is 1. The standard InChI is InChI=1S/C16H16FNO2/c1-2-11-5-3-4-6-12(11)10-18-16(20)14-8-7-13(17)9-15(14)19/h3-9,19H,2,10H2,1H3,(H,18,20). The van der Waals surface area contributed by atoms with E-state index < -0.39 is 11.7 Å². The zero-order chi connectivity index (χ0) is 14.5. The number of benzene rings is 2. The van der Waals surface area contributed by atoms with Crippen LogP contribution in [0, 0.1) is 5.82 Å². The van der Waals surface area contributed by atoms with Crippen molar-refractivity contribution in [2.45, 2.75) is 19.9 Å². The highest BCUT2D eigenvalue weighted by atomic mass is 19.1. The highest BCUT2D eigenvalue weighted by Crippen LogP contribution is 2.18. The Balaban J connectivity index is 2.09. The van der Waals surface area contributed by atoms with Gasteiger partial charge in [-0.3, -0.25) is 4.79 Å². The second kappa shape index (κ2) is 6.19. The van der Waals surface area contributed by atoms with Crippen molar-refractivity contribution in [3.8, 4) is 5.75 Å². The average molecular weight is 273 g/mol. The maximum Gasteiger partial charge on any atom is 0.255 e. The molecule has 2 N–H and O–H groups in total. The number of aryl methyl sites for hydroxylation is 1. The van der Waals surface area contributed by atoms with Crippen molar-refractivity contribution in [1.29, 1.82) is 0 Å². The van der Waals surface area contributed by atoms with Gasteiger partial charge in [0.05, 0.1) is 5.56 Å². The van der Waals surface area contributed by atoms with Gasteiger partial charge in [0.15, 0.2) is 0 Å². The fourth-order valence-electron chi connectivity index (χ4n) is 2.04. The molecule has 0 saturated heterocycles. The van der Waals surface area contributed by atoms with Crippen molar-refractivity contribution in [3.05, 3.63) is 65.0 Å². The Morgan fingerprint density at radius 1 is 1.20 bits per heavy atom. The molecule has 0 atom stereocenters. The molecule has 0 saturated carbocycles. The van der Waals surface area contributed by atoms with E-state index in [0.717, 1.165) is 29.7 Å². The van der Waals surface area contributed by atoms with Gasteiger partial charge in [-0.1, -0.05) is 31.2 Å². The van der Waals surface area contributed by atoms with Gasteiger partial charge in [-0.15, -0.1) is 0 Å². The minimum atomic E-state index is -0.574. The molecule has 2 aromatic carbocycles. The molecule has 4 heteroatoms. The highest BCUT2D eigenvalue weighted by Gasteiger charge is 2.11. The largest absolute Gasteiger partial charge is 0.507 e. The normalized spacial score (nSPS) is 10.3. The van der Waals surface area contributed by atoms with Crippen LogP contribution in [0.4, 0.5) is 4.39 Å². The summed E-state index contributed by atoms with van der Waals surface area (Å²) < 4.78 is 12.9. The van der Waals surface area contributed by atoms with E-state index in [-0.39, 0.29) is 11.3 Å². The number of phenolic OH excluding ortho intramolecular Hbond substituents is 1. The SMILES string of the molecule is CCc1ccccc1CNC(=O)c1ccc(F)cc1O. The van der Waals surface area contributed by atoms with Gasteiger partial charge in [0, 0.05) is 12.6 Å². The zero-order valence-electron chi connectivity index (χ0n) is 11.2. The number of hydrogen-bond donors (Lipinski definition) is 2. The van der Waals surface area contributed by atoms with E-state index in [4.69, 9.17) is 0 Å². The van der Waals surface area contributed by atoms with Gasteiger partial charge < -0.3 is 10.4 Å². The van der Waals surface area contributed by atoms with Gasteiger partial charge in [-0.25, -0.2) is 4.39 Å². The van der Waals surface area contributed by atoms with Crippen LogP contribution in [0.3, 0.4) is 0 Å². The summed E-state index contributed by atoms with van der Waals surface area (Å²) in [5.41, 5.74) is 2.27. The predicted molar refractivity (Wildman–Crippen MR) is 75.1 cm³/mol. The van der Waals surface area contributed by atoms with Crippen LogP contribution in [0.15, 0.2) is 42.5 Å². The molecule has 2 rings (SSSR count). The van der Waals surface area contributed by atoms with Crippen LogP contribution >= 0.6 is 0 Å². The molecule has 0 radical (unpaired) electrons. The molecule has 0 heterocycles. The molecule has 0 unspecified atom stereocenters. The second-order valence-corrected chi connectivity index (χ2v) is 4.47. The molecule has 3 nitrogen and oxygen atoms in total. The molecule has 0 spiro atoms. The van der Waals surface area contributed by atoms with Gasteiger partial charge in [0.25, 0.3) is 5.91 Å². The summed E-state index contributed by atoms with van der Waals surface area (Å²) in [6.45, 7) is 2.42. The van der Waals surface area contributed by atoms with Crippen molar-refractivity contribution in [2.24, 2.45) is 0 Å². The molecule has 0 aliphatic rings. The summed E-state index contributed by atoms with van der Waals surface area (Å²) in [5.74, 6) is -1.35. The Bertz CT molecular complexity index is 626. The van der Waals surface area contributed by atoms with E-state index in [0.29, 0.717) is 6.54 Å². The Morgan fingerprint density at radius 3 is 2.55 bits per heavy atom. The number of phenols is 1. The lowest BCUT2D eigenvalue weighted by Crippen LogP contribution is -2.23. The fourth-order valence-corrected chi connectivity index (χ4v) is 2.04. The Morgan fingerprint density at radius 2 is 1.90 bits per heavy atom. The summed E-state index contributed by atoms with van der Waals surface area (Å²) in [7, 11) is 0. The first-order valence-electron chi connectivity index (χ1n) is 6.45. The molecular weight excluding hydrogens is 257 g/mol. The number of aromatic hydroxyl groups is 1. The second-order valence-electron chi connectivity index (χ2n) is 4.47. The third kappa shape index (κ3) is 3.15. The van der Waals surface area contributed by atoms with E-state index in [9.17, 15) is 14.3 Å². The smallest absolute Gasteiger partial charge is 0.255 e. The van der Waals surface area contributed by atoms with E-state index >= 15 is 0 Å². The lowest BCUT2D eigenvalue weighted by atomic mass is 10.1. The van der Waals surface area contributed by atoms with Crippen LogP contribution < -0.4 is 5.32 Å². The van der Waals surface area contributed by atoms with Crippen molar-refractivity contribution < 1.29 is 14.3 Å². The molecule has 20 heavy (non-hydrogen) atoms. The van der Waals surface area contributed by atoms with Gasteiger partial charge in [-0.05, 0) is 29.7 Å². The molecule has 0 bridgehead atoms. The van der Waals surface area contributed by atoms with Gasteiger partial charge >= 0.3 is 0 Å². The quantitative estimate of drug-likeness (QED) is 0.899. The number of hydrogen-bond acceptors (Lipinski definition) is 2. The molecule has 0 aliphatic carbocycles.